The Hall–Kier alpha value is -1.61. The van der Waals surface area contributed by atoms with Crippen LogP contribution in [0.15, 0.2) is 35.9 Å². The molecule has 120 valence electrons. The number of para-hydroxylation sites is 2. The van der Waals surface area contributed by atoms with Crippen LogP contribution in [0, 0.1) is 6.92 Å². The van der Waals surface area contributed by atoms with Crippen LogP contribution in [0.3, 0.4) is 0 Å². The third-order valence-electron chi connectivity index (χ3n) is 4.37. The highest BCUT2D eigenvalue weighted by Crippen LogP contribution is 2.20. The number of ether oxygens (including phenoxy) is 1. The highest BCUT2D eigenvalue weighted by atomic mass is 16.5. The molecule has 1 aromatic heterocycles. The van der Waals surface area contributed by atoms with Gasteiger partial charge < -0.3 is 9.30 Å². The summed E-state index contributed by atoms with van der Waals surface area (Å²) in [5.41, 5.74) is 3.71. The molecule has 0 spiro atoms. The van der Waals surface area contributed by atoms with Crippen LogP contribution < -0.4 is 0 Å². The fourth-order valence-electron chi connectivity index (χ4n) is 2.67. The van der Waals surface area contributed by atoms with Crippen molar-refractivity contribution in [1.29, 1.82) is 0 Å². The molecule has 0 saturated heterocycles. The Labute approximate surface area is 134 Å². The maximum atomic E-state index is 5.47. The van der Waals surface area contributed by atoms with Gasteiger partial charge in [0.05, 0.1) is 16.6 Å². The van der Waals surface area contributed by atoms with Crippen LogP contribution in [0.25, 0.3) is 11.0 Å². The van der Waals surface area contributed by atoms with E-state index in [-0.39, 0.29) is 5.60 Å². The Morgan fingerprint density at radius 3 is 2.77 bits per heavy atom. The lowest BCUT2D eigenvalue weighted by molar-refractivity contribution is 0.0140. The molecule has 1 heterocycles. The van der Waals surface area contributed by atoms with Crippen LogP contribution in [-0.4, -0.2) is 22.3 Å². The smallest absolute Gasteiger partial charge is 0.107 e. The number of imidazole rings is 1. The lowest BCUT2D eigenvalue weighted by Crippen LogP contribution is -2.21. The number of hydrogen-bond donors (Lipinski definition) is 0. The van der Waals surface area contributed by atoms with E-state index in [0.29, 0.717) is 0 Å². The fraction of sp³-hybridized carbons (Fsp3) is 0.526. The molecule has 0 aliphatic heterocycles. The highest BCUT2D eigenvalue weighted by Gasteiger charge is 2.15. The van der Waals surface area contributed by atoms with Crippen molar-refractivity contribution in [2.75, 3.05) is 7.11 Å². The third kappa shape index (κ3) is 4.20. The van der Waals surface area contributed by atoms with E-state index in [1.165, 1.54) is 11.1 Å². The van der Waals surface area contributed by atoms with E-state index >= 15 is 0 Å². The number of nitrogens with zero attached hydrogens (tertiary/aromatic N) is 2. The Morgan fingerprint density at radius 1 is 1.32 bits per heavy atom. The van der Waals surface area contributed by atoms with E-state index in [1.54, 1.807) is 7.11 Å². The standard InChI is InChI=1S/C19H28N2O/c1-15(9-8-13-19(3,4)22-5)12-14-21-16(2)20-17-10-6-7-11-18(17)21/h6-7,10-12H,8-9,13-14H2,1-5H3. The van der Waals surface area contributed by atoms with Crippen molar-refractivity contribution < 1.29 is 4.74 Å². The highest BCUT2D eigenvalue weighted by molar-refractivity contribution is 5.75. The van der Waals surface area contributed by atoms with Crippen molar-refractivity contribution in [3.63, 3.8) is 0 Å². The predicted molar refractivity (Wildman–Crippen MR) is 93.2 cm³/mol. The van der Waals surface area contributed by atoms with E-state index in [9.17, 15) is 0 Å². The number of rotatable bonds is 7. The lowest BCUT2D eigenvalue weighted by atomic mass is 9.99. The van der Waals surface area contributed by atoms with Crippen LogP contribution in [-0.2, 0) is 11.3 Å². The molecule has 3 heteroatoms. The average Bonchev–Trinajstić information content (AvgIpc) is 2.80. The van der Waals surface area contributed by atoms with Gasteiger partial charge in [-0.15, -0.1) is 0 Å². The predicted octanol–water partition coefficient (Wildman–Crippen LogP) is 4.89. The first-order valence-electron chi connectivity index (χ1n) is 8.05. The molecule has 0 saturated carbocycles. The molecular weight excluding hydrogens is 272 g/mol. The summed E-state index contributed by atoms with van der Waals surface area (Å²) in [6.45, 7) is 9.48. The summed E-state index contributed by atoms with van der Waals surface area (Å²) in [7, 11) is 1.79. The summed E-state index contributed by atoms with van der Waals surface area (Å²) in [5.74, 6) is 1.07. The van der Waals surface area contributed by atoms with Crippen molar-refractivity contribution in [2.24, 2.45) is 0 Å². The molecule has 0 bridgehead atoms. The van der Waals surface area contributed by atoms with Crippen molar-refractivity contribution in [3.8, 4) is 0 Å². The minimum atomic E-state index is -0.0164. The van der Waals surface area contributed by atoms with Crippen LogP contribution in [0.4, 0.5) is 0 Å². The maximum absolute atomic E-state index is 5.47. The van der Waals surface area contributed by atoms with E-state index in [0.717, 1.165) is 37.1 Å². The number of methoxy groups -OCH3 is 1. The van der Waals surface area contributed by atoms with Crippen LogP contribution in [0.1, 0.15) is 45.9 Å². The second-order valence-electron chi connectivity index (χ2n) is 6.63. The van der Waals surface area contributed by atoms with Crippen LogP contribution >= 0.6 is 0 Å². The molecule has 1 aromatic carbocycles. The minimum absolute atomic E-state index is 0.0164. The first-order valence-corrected chi connectivity index (χ1v) is 8.05. The Balaban J connectivity index is 1.97. The Bertz CT molecular complexity index is 652. The van der Waals surface area contributed by atoms with Gasteiger partial charge in [-0.2, -0.15) is 0 Å². The Kier molecular flexibility index (Phi) is 5.41. The topological polar surface area (TPSA) is 27.1 Å². The summed E-state index contributed by atoms with van der Waals surface area (Å²) in [4.78, 5) is 4.61. The zero-order chi connectivity index (χ0) is 16.2. The van der Waals surface area contributed by atoms with Crippen LogP contribution in [0.2, 0.25) is 0 Å². The van der Waals surface area contributed by atoms with E-state index in [2.05, 4.69) is 61.5 Å². The molecule has 0 amide bonds. The molecule has 0 unspecified atom stereocenters. The molecular formula is C19H28N2O. The second-order valence-corrected chi connectivity index (χ2v) is 6.63. The number of aromatic nitrogens is 2. The fourth-order valence-corrected chi connectivity index (χ4v) is 2.67. The first kappa shape index (κ1) is 16.8. The molecule has 22 heavy (non-hydrogen) atoms. The van der Waals surface area contributed by atoms with Gasteiger partial charge in [0.1, 0.15) is 5.82 Å². The van der Waals surface area contributed by atoms with Gasteiger partial charge in [-0.05, 0) is 59.1 Å². The molecule has 0 aliphatic carbocycles. The summed E-state index contributed by atoms with van der Waals surface area (Å²) in [5, 5.41) is 0. The molecule has 0 fully saturated rings. The number of benzene rings is 1. The van der Waals surface area contributed by atoms with E-state index < -0.39 is 0 Å². The SMILES string of the molecule is COC(C)(C)CCCC(C)=CCn1c(C)nc2ccccc21. The number of hydrogen-bond acceptors (Lipinski definition) is 2. The monoisotopic (exact) mass is 300 g/mol. The van der Waals surface area contributed by atoms with Gasteiger partial charge in [-0.1, -0.05) is 23.8 Å². The molecule has 0 radical (unpaired) electrons. The van der Waals surface area contributed by atoms with Crippen molar-refractivity contribution in [2.45, 2.75) is 59.1 Å². The van der Waals surface area contributed by atoms with Gasteiger partial charge in [0.15, 0.2) is 0 Å². The van der Waals surface area contributed by atoms with Gasteiger partial charge in [-0.3, -0.25) is 0 Å². The van der Waals surface area contributed by atoms with Gasteiger partial charge in [-0.25, -0.2) is 4.98 Å². The largest absolute Gasteiger partial charge is 0.379 e. The van der Waals surface area contributed by atoms with Crippen molar-refractivity contribution >= 4 is 11.0 Å². The number of aryl methyl sites for hydroxylation is 1. The maximum Gasteiger partial charge on any atom is 0.107 e. The summed E-state index contributed by atoms with van der Waals surface area (Å²) >= 11 is 0. The van der Waals surface area contributed by atoms with Crippen molar-refractivity contribution in [1.82, 2.24) is 9.55 Å². The van der Waals surface area contributed by atoms with Gasteiger partial charge in [0, 0.05) is 13.7 Å². The zero-order valence-electron chi connectivity index (χ0n) is 14.5. The van der Waals surface area contributed by atoms with Gasteiger partial charge in [0.25, 0.3) is 0 Å². The molecule has 2 rings (SSSR count). The molecule has 0 atom stereocenters. The second kappa shape index (κ2) is 7.10. The zero-order valence-corrected chi connectivity index (χ0v) is 14.5. The van der Waals surface area contributed by atoms with Crippen molar-refractivity contribution in [3.05, 3.63) is 41.7 Å². The van der Waals surface area contributed by atoms with E-state index in [4.69, 9.17) is 4.74 Å². The number of fused-ring (bicyclic) bond motifs is 1. The third-order valence-corrected chi connectivity index (χ3v) is 4.37. The normalized spacial score (nSPS) is 13.0. The first-order chi connectivity index (χ1) is 10.4. The summed E-state index contributed by atoms with van der Waals surface area (Å²) in [6.07, 6.45) is 5.69. The Morgan fingerprint density at radius 2 is 2.05 bits per heavy atom. The minimum Gasteiger partial charge on any atom is -0.379 e. The van der Waals surface area contributed by atoms with Crippen LogP contribution in [0.5, 0.6) is 0 Å². The quantitative estimate of drug-likeness (QED) is 0.681. The number of allylic oxidation sites excluding steroid dienone is 2. The molecule has 2 aromatic rings. The molecule has 3 nitrogen and oxygen atoms in total. The molecule has 0 aliphatic rings. The van der Waals surface area contributed by atoms with Gasteiger partial charge in [0.2, 0.25) is 0 Å². The average molecular weight is 300 g/mol. The summed E-state index contributed by atoms with van der Waals surface area (Å²) < 4.78 is 7.75. The lowest BCUT2D eigenvalue weighted by Gasteiger charge is -2.22. The van der Waals surface area contributed by atoms with Gasteiger partial charge >= 0.3 is 0 Å². The van der Waals surface area contributed by atoms with E-state index in [1.807, 2.05) is 6.07 Å². The summed E-state index contributed by atoms with van der Waals surface area (Å²) in [6, 6.07) is 8.32. The molecule has 0 N–H and O–H groups in total.